The Balaban J connectivity index is 2.69. The Labute approximate surface area is 85.4 Å². The van der Waals surface area contributed by atoms with Gasteiger partial charge in [0.15, 0.2) is 6.10 Å². The van der Waals surface area contributed by atoms with Crippen LogP contribution in [-0.4, -0.2) is 17.2 Å². The minimum atomic E-state index is -0.977. The van der Waals surface area contributed by atoms with Crippen molar-refractivity contribution in [2.24, 2.45) is 0 Å². The number of thiophene rings is 1. The van der Waals surface area contributed by atoms with Crippen molar-refractivity contribution >= 4 is 17.3 Å². The lowest BCUT2D eigenvalue weighted by molar-refractivity contribution is 0.0701. The van der Waals surface area contributed by atoms with Crippen LogP contribution in [0.4, 0.5) is 0 Å². The molecule has 1 atom stereocenters. The second-order valence-electron chi connectivity index (χ2n) is 2.60. The molecule has 1 N–H and O–H groups in total. The summed E-state index contributed by atoms with van der Waals surface area (Å²) < 4.78 is 5.23. The molecule has 0 aliphatic heterocycles. The summed E-state index contributed by atoms with van der Waals surface area (Å²) in [6, 6.07) is 3.40. The van der Waals surface area contributed by atoms with Crippen LogP contribution >= 0.6 is 11.3 Å². The molecule has 0 bridgehead atoms. The maximum atomic E-state index is 10.5. The predicted octanol–water partition coefficient (Wildman–Crippen LogP) is 2.13. The normalized spacial score (nSPS) is 11.7. The summed E-state index contributed by atoms with van der Waals surface area (Å²) >= 11 is 1.09. The van der Waals surface area contributed by atoms with E-state index < -0.39 is 12.1 Å². The first kappa shape index (κ1) is 10.5. The SMILES string of the molecule is CCC(C#N)Oc1csc(C(=O)O)c1. The molecule has 0 spiro atoms. The third-order valence-corrected chi connectivity index (χ3v) is 2.48. The zero-order chi connectivity index (χ0) is 10.6. The molecule has 74 valence electrons. The van der Waals surface area contributed by atoms with Crippen LogP contribution in [0.3, 0.4) is 0 Å². The van der Waals surface area contributed by atoms with E-state index in [2.05, 4.69) is 0 Å². The Morgan fingerprint density at radius 1 is 1.86 bits per heavy atom. The third kappa shape index (κ3) is 2.47. The number of nitriles is 1. The molecular formula is C9H9NO3S. The number of hydrogen-bond acceptors (Lipinski definition) is 4. The van der Waals surface area contributed by atoms with Gasteiger partial charge in [0.25, 0.3) is 0 Å². The highest BCUT2D eigenvalue weighted by Gasteiger charge is 2.11. The van der Waals surface area contributed by atoms with Crippen molar-refractivity contribution in [1.82, 2.24) is 0 Å². The van der Waals surface area contributed by atoms with Gasteiger partial charge in [0.1, 0.15) is 16.7 Å². The van der Waals surface area contributed by atoms with Crippen molar-refractivity contribution in [2.75, 3.05) is 0 Å². The number of carboxylic acids is 1. The van der Waals surface area contributed by atoms with Crippen molar-refractivity contribution < 1.29 is 14.6 Å². The maximum Gasteiger partial charge on any atom is 0.346 e. The van der Waals surface area contributed by atoms with Crippen molar-refractivity contribution in [1.29, 1.82) is 5.26 Å². The molecule has 0 fully saturated rings. The topological polar surface area (TPSA) is 70.3 Å². The molecule has 1 heterocycles. The van der Waals surface area contributed by atoms with E-state index >= 15 is 0 Å². The zero-order valence-corrected chi connectivity index (χ0v) is 8.37. The summed E-state index contributed by atoms with van der Waals surface area (Å²) in [6.07, 6.45) is 0.0700. The molecule has 1 rings (SSSR count). The van der Waals surface area contributed by atoms with Crippen molar-refractivity contribution in [3.05, 3.63) is 16.3 Å². The van der Waals surface area contributed by atoms with E-state index in [1.165, 1.54) is 6.07 Å². The van der Waals surface area contributed by atoms with Gasteiger partial charge in [0.2, 0.25) is 0 Å². The van der Waals surface area contributed by atoms with E-state index in [4.69, 9.17) is 15.1 Å². The molecule has 1 unspecified atom stereocenters. The molecule has 5 heteroatoms. The van der Waals surface area contributed by atoms with Crippen molar-refractivity contribution in [2.45, 2.75) is 19.4 Å². The van der Waals surface area contributed by atoms with Crippen molar-refractivity contribution in [3.8, 4) is 11.8 Å². The first-order valence-corrected chi connectivity index (χ1v) is 4.93. The number of carbonyl (C=O) groups is 1. The van der Waals surface area contributed by atoms with E-state index in [-0.39, 0.29) is 4.88 Å². The van der Waals surface area contributed by atoms with Gasteiger partial charge in [-0.3, -0.25) is 0 Å². The van der Waals surface area contributed by atoms with Gasteiger partial charge in [-0.05, 0) is 6.42 Å². The monoisotopic (exact) mass is 211 g/mol. The van der Waals surface area contributed by atoms with E-state index in [0.29, 0.717) is 12.2 Å². The smallest absolute Gasteiger partial charge is 0.346 e. The fourth-order valence-corrected chi connectivity index (χ4v) is 1.51. The summed E-state index contributed by atoms with van der Waals surface area (Å²) in [6.45, 7) is 1.83. The van der Waals surface area contributed by atoms with Crippen LogP contribution in [-0.2, 0) is 0 Å². The summed E-state index contributed by atoms with van der Waals surface area (Å²) in [5, 5.41) is 18.8. The number of ether oxygens (including phenoxy) is 1. The molecule has 0 saturated heterocycles. The molecular weight excluding hydrogens is 202 g/mol. The highest BCUT2D eigenvalue weighted by Crippen LogP contribution is 2.22. The fraction of sp³-hybridized carbons (Fsp3) is 0.333. The number of aromatic carboxylic acids is 1. The Morgan fingerprint density at radius 2 is 2.57 bits per heavy atom. The quantitative estimate of drug-likeness (QED) is 0.828. The maximum absolute atomic E-state index is 10.5. The van der Waals surface area contributed by atoms with Gasteiger partial charge in [-0.15, -0.1) is 11.3 Å². The fourth-order valence-electron chi connectivity index (χ4n) is 0.858. The Morgan fingerprint density at radius 3 is 3.00 bits per heavy atom. The number of nitrogens with zero attached hydrogens (tertiary/aromatic N) is 1. The summed E-state index contributed by atoms with van der Waals surface area (Å²) in [7, 11) is 0. The predicted molar refractivity (Wildman–Crippen MR) is 51.6 cm³/mol. The van der Waals surface area contributed by atoms with Crippen LogP contribution in [0.5, 0.6) is 5.75 Å². The lowest BCUT2D eigenvalue weighted by Gasteiger charge is -2.06. The standard InChI is InChI=1S/C9H9NO3S/c1-2-6(4-10)13-7-3-8(9(11)12)14-5-7/h3,5-6H,2H2,1H3,(H,11,12). The highest BCUT2D eigenvalue weighted by molar-refractivity contribution is 7.12. The molecule has 0 saturated carbocycles. The zero-order valence-electron chi connectivity index (χ0n) is 7.56. The first-order valence-electron chi connectivity index (χ1n) is 4.05. The second kappa shape index (κ2) is 4.63. The summed E-state index contributed by atoms with van der Waals surface area (Å²) in [4.78, 5) is 10.7. The van der Waals surface area contributed by atoms with Gasteiger partial charge in [0, 0.05) is 11.4 Å². The van der Waals surface area contributed by atoms with Crippen LogP contribution in [0.1, 0.15) is 23.0 Å². The lowest BCUT2D eigenvalue weighted by atomic mass is 10.3. The molecule has 0 amide bonds. The number of hydrogen-bond donors (Lipinski definition) is 1. The Bertz CT molecular complexity index is 366. The van der Waals surface area contributed by atoms with E-state index in [0.717, 1.165) is 11.3 Å². The lowest BCUT2D eigenvalue weighted by Crippen LogP contribution is -2.11. The van der Waals surface area contributed by atoms with Gasteiger partial charge >= 0.3 is 5.97 Å². The van der Waals surface area contributed by atoms with Crippen molar-refractivity contribution in [3.63, 3.8) is 0 Å². The van der Waals surface area contributed by atoms with E-state index in [1.54, 1.807) is 5.38 Å². The van der Waals surface area contributed by atoms with Crippen LogP contribution in [0.2, 0.25) is 0 Å². The second-order valence-corrected chi connectivity index (χ2v) is 3.51. The van der Waals surface area contributed by atoms with Gasteiger partial charge in [-0.25, -0.2) is 4.79 Å². The van der Waals surface area contributed by atoms with Crippen LogP contribution in [0.15, 0.2) is 11.4 Å². The van der Waals surface area contributed by atoms with Crippen LogP contribution in [0.25, 0.3) is 0 Å². The average Bonchev–Trinajstić information content (AvgIpc) is 2.62. The minimum absolute atomic E-state index is 0.216. The third-order valence-electron chi connectivity index (χ3n) is 1.58. The van der Waals surface area contributed by atoms with Gasteiger partial charge in [0.05, 0.1) is 0 Å². The van der Waals surface area contributed by atoms with Crippen LogP contribution in [0, 0.1) is 11.3 Å². The minimum Gasteiger partial charge on any atom is -0.477 e. The number of rotatable bonds is 4. The van der Waals surface area contributed by atoms with Crippen LogP contribution < -0.4 is 4.74 Å². The largest absolute Gasteiger partial charge is 0.477 e. The van der Waals surface area contributed by atoms with Gasteiger partial charge < -0.3 is 9.84 Å². The highest BCUT2D eigenvalue weighted by atomic mass is 32.1. The molecule has 0 radical (unpaired) electrons. The van der Waals surface area contributed by atoms with E-state index in [9.17, 15) is 4.79 Å². The Hall–Kier alpha value is -1.54. The molecule has 1 aromatic heterocycles. The summed E-state index contributed by atoms with van der Waals surface area (Å²) in [5.74, 6) is -0.532. The molecule has 0 aliphatic carbocycles. The molecule has 0 aromatic carbocycles. The molecule has 1 aromatic rings. The van der Waals surface area contributed by atoms with E-state index in [1.807, 2.05) is 13.0 Å². The molecule has 4 nitrogen and oxygen atoms in total. The summed E-state index contributed by atoms with van der Waals surface area (Å²) in [5.41, 5.74) is 0. The van der Waals surface area contributed by atoms with Gasteiger partial charge in [-0.2, -0.15) is 5.26 Å². The Kier molecular flexibility index (Phi) is 3.48. The number of carboxylic acid groups (broad SMARTS) is 1. The molecule has 0 aliphatic rings. The average molecular weight is 211 g/mol. The van der Waals surface area contributed by atoms with Gasteiger partial charge in [-0.1, -0.05) is 6.92 Å². The first-order chi connectivity index (χ1) is 6.67. The molecule has 14 heavy (non-hydrogen) atoms.